The fourth-order valence-electron chi connectivity index (χ4n) is 2.96. The predicted molar refractivity (Wildman–Crippen MR) is 109 cm³/mol. The van der Waals surface area contributed by atoms with E-state index in [4.69, 9.17) is 0 Å². The second-order valence-electron chi connectivity index (χ2n) is 7.00. The van der Waals surface area contributed by atoms with E-state index in [-0.39, 0.29) is 12.8 Å². The number of allylic oxidation sites excluding steroid dienone is 3. The van der Waals surface area contributed by atoms with Crippen molar-refractivity contribution in [3.8, 4) is 0 Å². The molecule has 4 atom stereocenters. The lowest BCUT2D eigenvalue weighted by molar-refractivity contribution is -0.543. The second-order valence-corrected chi connectivity index (χ2v) is 7.00. The molecule has 0 amide bonds. The molecular formula is C20H33N2O7. The minimum absolute atomic E-state index is 0.0161. The van der Waals surface area contributed by atoms with Gasteiger partial charge in [0.1, 0.15) is 12.2 Å². The van der Waals surface area contributed by atoms with Gasteiger partial charge in [-0.15, -0.1) is 0 Å². The number of carbonyl (C=O) groups excluding carboxylic acids is 1. The van der Waals surface area contributed by atoms with Crippen LogP contribution < -0.4 is 0 Å². The zero-order chi connectivity index (χ0) is 22.1. The average molecular weight is 413 g/mol. The van der Waals surface area contributed by atoms with Gasteiger partial charge in [0.05, 0.1) is 0 Å². The standard InChI is InChI=1S/C20H33N2O7/c1-2-3-4-5-7-10-13-17(21(26)27)19(24)16-20(25)18(22(28)29)14-11-8-6-9-12-15-23/h3-4,7,10,17-20,24-25H,2,5-6,8-9,11-14,16H2,1H3/b4-3-,10-7-. The number of aliphatic hydroxyl groups excluding tert-OH is 2. The highest BCUT2D eigenvalue weighted by Crippen LogP contribution is 2.18. The molecule has 2 N–H and O–H groups in total. The Morgan fingerprint density at radius 1 is 0.897 bits per heavy atom. The van der Waals surface area contributed by atoms with Crippen LogP contribution in [0, 0.1) is 20.2 Å². The third-order valence-electron chi connectivity index (χ3n) is 4.66. The van der Waals surface area contributed by atoms with Crippen LogP contribution in [0.1, 0.15) is 71.1 Å². The molecule has 29 heavy (non-hydrogen) atoms. The van der Waals surface area contributed by atoms with Gasteiger partial charge >= 0.3 is 0 Å². The summed E-state index contributed by atoms with van der Waals surface area (Å²) in [4.78, 5) is 31.4. The molecule has 4 unspecified atom stereocenters. The molecule has 0 aliphatic rings. The summed E-state index contributed by atoms with van der Waals surface area (Å²) in [5, 5.41) is 42.9. The van der Waals surface area contributed by atoms with Crippen LogP contribution in [0.2, 0.25) is 0 Å². The van der Waals surface area contributed by atoms with Crippen molar-refractivity contribution in [1.82, 2.24) is 0 Å². The molecule has 0 fully saturated rings. The zero-order valence-corrected chi connectivity index (χ0v) is 17.0. The Labute approximate surface area is 171 Å². The largest absolute Gasteiger partial charge is 0.386 e. The summed E-state index contributed by atoms with van der Waals surface area (Å²) in [6.45, 7) is 2.00. The molecule has 0 spiro atoms. The molecule has 0 rings (SSSR count). The Balaban J connectivity index is 4.62. The summed E-state index contributed by atoms with van der Waals surface area (Å²) in [6.07, 6.45) is 10.2. The monoisotopic (exact) mass is 413 g/mol. The molecular weight excluding hydrogens is 380 g/mol. The number of hydrogen-bond donors (Lipinski definition) is 2. The topological polar surface area (TPSA) is 144 Å². The molecule has 0 saturated heterocycles. The fourth-order valence-corrected chi connectivity index (χ4v) is 2.96. The Bertz CT molecular complexity index is 537. The molecule has 0 aromatic carbocycles. The lowest BCUT2D eigenvalue weighted by Gasteiger charge is -2.20. The van der Waals surface area contributed by atoms with E-state index < -0.39 is 40.6 Å². The third-order valence-corrected chi connectivity index (χ3v) is 4.66. The van der Waals surface area contributed by atoms with Crippen molar-refractivity contribution >= 4 is 6.29 Å². The average Bonchev–Trinajstić information content (AvgIpc) is 2.65. The molecule has 0 aromatic rings. The molecule has 0 aliphatic carbocycles. The van der Waals surface area contributed by atoms with E-state index >= 15 is 0 Å². The first-order valence-corrected chi connectivity index (χ1v) is 10.1. The number of nitrogens with zero attached hydrogens (tertiary/aromatic N) is 2. The van der Waals surface area contributed by atoms with Crippen molar-refractivity contribution in [2.45, 2.75) is 95.4 Å². The molecule has 165 valence electrons. The van der Waals surface area contributed by atoms with Crippen LogP contribution in [0.25, 0.3) is 0 Å². The van der Waals surface area contributed by atoms with Crippen LogP contribution in [-0.4, -0.2) is 50.6 Å². The number of hydrogen-bond acceptors (Lipinski definition) is 7. The highest BCUT2D eigenvalue weighted by molar-refractivity contribution is 5.50. The minimum Gasteiger partial charge on any atom is -0.386 e. The van der Waals surface area contributed by atoms with Crippen LogP contribution >= 0.6 is 0 Å². The predicted octanol–water partition coefficient (Wildman–Crippen LogP) is 3.14. The van der Waals surface area contributed by atoms with Crippen molar-refractivity contribution in [3.05, 3.63) is 44.5 Å². The number of rotatable bonds is 18. The van der Waals surface area contributed by atoms with Gasteiger partial charge in [0.15, 0.2) is 6.29 Å². The van der Waals surface area contributed by atoms with Gasteiger partial charge in [-0.2, -0.15) is 0 Å². The number of nitro groups is 2. The van der Waals surface area contributed by atoms with Crippen LogP contribution in [0.5, 0.6) is 0 Å². The summed E-state index contributed by atoms with van der Waals surface area (Å²) in [5.74, 6) is 0. The van der Waals surface area contributed by atoms with Gasteiger partial charge in [-0.05, 0) is 25.7 Å². The maximum absolute atomic E-state index is 11.3. The first-order chi connectivity index (χ1) is 13.8. The van der Waals surface area contributed by atoms with Crippen molar-refractivity contribution in [3.63, 3.8) is 0 Å². The Kier molecular flexibility index (Phi) is 15.6. The summed E-state index contributed by atoms with van der Waals surface area (Å²) in [6, 6.07) is -2.62. The van der Waals surface area contributed by atoms with E-state index in [9.17, 15) is 35.2 Å². The lowest BCUT2D eigenvalue weighted by atomic mass is 9.95. The van der Waals surface area contributed by atoms with Gasteiger partial charge in [-0.1, -0.05) is 44.1 Å². The quantitative estimate of drug-likeness (QED) is 0.152. The first-order valence-electron chi connectivity index (χ1n) is 10.1. The molecule has 0 aliphatic heterocycles. The zero-order valence-electron chi connectivity index (χ0n) is 17.0. The van der Waals surface area contributed by atoms with Crippen LogP contribution in [0.3, 0.4) is 0 Å². The summed E-state index contributed by atoms with van der Waals surface area (Å²) < 4.78 is 0. The van der Waals surface area contributed by atoms with E-state index in [1.54, 1.807) is 18.4 Å². The van der Waals surface area contributed by atoms with Gasteiger partial charge in [0.25, 0.3) is 0 Å². The van der Waals surface area contributed by atoms with E-state index in [1.165, 1.54) is 0 Å². The van der Waals surface area contributed by atoms with E-state index in [2.05, 4.69) is 0 Å². The van der Waals surface area contributed by atoms with E-state index in [0.29, 0.717) is 32.1 Å². The van der Waals surface area contributed by atoms with Gasteiger partial charge in [-0.3, -0.25) is 25.0 Å². The van der Waals surface area contributed by atoms with Crippen LogP contribution in [0.4, 0.5) is 0 Å². The molecule has 1 radical (unpaired) electrons. The molecule has 0 aromatic heterocycles. The van der Waals surface area contributed by atoms with Crippen molar-refractivity contribution in [1.29, 1.82) is 0 Å². The lowest BCUT2D eigenvalue weighted by Crippen LogP contribution is -2.41. The first kappa shape index (κ1) is 26.9. The molecule has 0 heterocycles. The maximum atomic E-state index is 11.3. The fraction of sp³-hybridized carbons (Fsp3) is 0.750. The van der Waals surface area contributed by atoms with Crippen molar-refractivity contribution < 1.29 is 24.9 Å². The minimum atomic E-state index is -1.48. The Hall–Kier alpha value is -2.13. The molecule has 0 bridgehead atoms. The van der Waals surface area contributed by atoms with Crippen LogP contribution in [0.15, 0.2) is 24.3 Å². The molecule has 9 nitrogen and oxygen atoms in total. The van der Waals surface area contributed by atoms with Gasteiger partial charge in [-0.25, -0.2) is 0 Å². The van der Waals surface area contributed by atoms with Crippen LogP contribution in [-0.2, 0) is 4.79 Å². The highest BCUT2D eigenvalue weighted by atomic mass is 16.6. The Morgan fingerprint density at radius 2 is 1.48 bits per heavy atom. The maximum Gasteiger partial charge on any atom is 0.242 e. The summed E-state index contributed by atoms with van der Waals surface area (Å²) >= 11 is 0. The highest BCUT2D eigenvalue weighted by Gasteiger charge is 2.36. The number of aliphatic hydroxyl groups is 2. The van der Waals surface area contributed by atoms with Crippen molar-refractivity contribution in [2.75, 3.05) is 0 Å². The normalized spacial score (nSPS) is 16.0. The van der Waals surface area contributed by atoms with Crippen molar-refractivity contribution in [2.24, 2.45) is 0 Å². The second kappa shape index (κ2) is 16.8. The Morgan fingerprint density at radius 3 is 2.07 bits per heavy atom. The SMILES string of the molecule is CC/C=C\C/C=C\CC(C(O)CC(O)C(CCCCCC[C]=O)[N+](=O)[O-])[N+](=O)[O-]. The smallest absolute Gasteiger partial charge is 0.242 e. The van der Waals surface area contributed by atoms with E-state index in [0.717, 1.165) is 12.8 Å². The van der Waals surface area contributed by atoms with E-state index in [1.807, 2.05) is 19.1 Å². The third kappa shape index (κ3) is 12.8. The van der Waals surface area contributed by atoms with Gasteiger partial charge in [0.2, 0.25) is 12.1 Å². The summed E-state index contributed by atoms with van der Waals surface area (Å²) in [7, 11) is 0. The van der Waals surface area contributed by atoms with Gasteiger partial charge in [0, 0.05) is 35.5 Å². The summed E-state index contributed by atoms with van der Waals surface area (Å²) in [5.41, 5.74) is 0. The number of unbranched alkanes of at least 4 members (excludes halogenated alkanes) is 4. The molecule has 0 saturated carbocycles. The van der Waals surface area contributed by atoms with Gasteiger partial charge < -0.3 is 10.2 Å². The molecule has 9 heteroatoms.